The van der Waals surface area contributed by atoms with E-state index < -0.39 is 28.0 Å². The number of carboxylic acid groups (broad SMARTS) is 1. The molecule has 1 saturated heterocycles. The molecule has 0 radical (unpaired) electrons. The third-order valence-electron chi connectivity index (χ3n) is 3.42. The summed E-state index contributed by atoms with van der Waals surface area (Å²) in [5.74, 6) is -2.05. The smallest absolute Gasteiger partial charge is 0.339 e. The molecule has 0 spiro atoms. The van der Waals surface area contributed by atoms with Crippen LogP contribution >= 0.6 is 11.6 Å². The van der Waals surface area contributed by atoms with Gasteiger partial charge in [-0.05, 0) is 31.0 Å². The van der Waals surface area contributed by atoms with Crippen LogP contribution < -0.4 is 0 Å². The van der Waals surface area contributed by atoms with Crippen LogP contribution in [0, 0.1) is 0 Å². The first-order chi connectivity index (χ1) is 10.3. The van der Waals surface area contributed by atoms with Gasteiger partial charge in [0.25, 0.3) is 0 Å². The van der Waals surface area contributed by atoms with Gasteiger partial charge in [-0.25, -0.2) is 13.2 Å². The number of sulfonamides is 1. The Morgan fingerprint density at radius 3 is 2.68 bits per heavy atom. The Morgan fingerprint density at radius 2 is 2.09 bits per heavy atom. The summed E-state index contributed by atoms with van der Waals surface area (Å²) in [5.41, 5.74) is -0.178. The highest BCUT2D eigenvalue weighted by Gasteiger charge is 2.41. The topological polar surface area (TPSA) is 101 Å². The normalized spacial score (nSPS) is 19.1. The number of aliphatic carboxylic acids is 1. The van der Waals surface area contributed by atoms with E-state index in [9.17, 15) is 18.0 Å². The molecule has 7 nitrogen and oxygen atoms in total. The first-order valence-electron chi connectivity index (χ1n) is 6.41. The third kappa shape index (κ3) is 2.94. The molecule has 0 amide bonds. The highest BCUT2D eigenvalue weighted by molar-refractivity contribution is 7.89. The molecule has 1 fully saturated rings. The first kappa shape index (κ1) is 16.7. The van der Waals surface area contributed by atoms with Crippen molar-refractivity contribution in [2.45, 2.75) is 23.8 Å². The predicted molar refractivity (Wildman–Crippen MR) is 77.3 cm³/mol. The summed E-state index contributed by atoms with van der Waals surface area (Å²) in [6.45, 7) is 0.0758. The van der Waals surface area contributed by atoms with Gasteiger partial charge in [-0.3, -0.25) is 4.79 Å². The molecule has 22 heavy (non-hydrogen) atoms. The molecule has 1 heterocycles. The number of rotatable bonds is 4. The molecule has 120 valence electrons. The Bertz CT molecular complexity index is 717. The third-order valence-corrected chi connectivity index (χ3v) is 5.61. The van der Waals surface area contributed by atoms with Crippen molar-refractivity contribution in [3.63, 3.8) is 0 Å². The highest BCUT2D eigenvalue weighted by Crippen LogP contribution is 2.30. The summed E-state index contributed by atoms with van der Waals surface area (Å²) in [6, 6.07) is 2.59. The molecule has 2 rings (SSSR count). The number of esters is 1. The maximum atomic E-state index is 12.7. The van der Waals surface area contributed by atoms with E-state index in [0.29, 0.717) is 6.42 Å². The van der Waals surface area contributed by atoms with Crippen molar-refractivity contribution in [1.82, 2.24) is 4.31 Å². The van der Waals surface area contributed by atoms with Gasteiger partial charge in [0, 0.05) is 11.6 Å². The SMILES string of the molecule is COC(=O)c1ccc(Cl)cc1S(=O)(=O)N1CCCC1C(=O)O. The molecule has 0 saturated carbocycles. The molecule has 9 heteroatoms. The Balaban J connectivity index is 2.56. The molecule has 1 aromatic carbocycles. The molecule has 1 aromatic rings. The zero-order valence-electron chi connectivity index (χ0n) is 11.7. The van der Waals surface area contributed by atoms with Gasteiger partial charge in [0.2, 0.25) is 10.0 Å². The van der Waals surface area contributed by atoms with Gasteiger partial charge in [0.05, 0.1) is 17.6 Å². The predicted octanol–water partition coefficient (Wildman–Crippen LogP) is 1.36. The fourth-order valence-corrected chi connectivity index (χ4v) is 4.48. The average molecular weight is 348 g/mol. The van der Waals surface area contributed by atoms with Gasteiger partial charge in [0.1, 0.15) is 6.04 Å². The summed E-state index contributed by atoms with van der Waals surface area (Å²) in [7, 11) is -3.05. The molecular weight excluding hydrogens is 334 g/mol. The van der Waals surface area contributed by atoms with Crippen LogP contribution in [0.1, 0.15) is 23.2 Å². The Hall–Kier alpha value is -1.64. The molecular formula is C13H14ClNO6S. The average Bonchev–Trinajstić information content (AvgIpc) is 2.96. The molecule has 1 aliphatic rings. The standard InChI is InChI=1S/C13H14ClNO6S/c1-21-13(18)9-5-4-8(14)7-11(9)22(19,20)15-6-2-3-10(15)12(16)17/h4-5,7,10H,2-3,6H2,1H3,(H,16,17). The number of hydrogen-bond donors (Lipinski definition) is 1. The van der Waals surface area contributed by atoms with Crippen LogP contribution in [-0.2, 0) is 19.6 Å². The quantitative estimate of drug-likeness (QED) is 0.825. The number of nitrogens with zero attached hydrogens (tertiary/aromatic N) is 1. The minimum Gasteiger partial charge on any atom is -0.480 e. The fourth-order valence-electron chi connectivity index (χ4n) is 2.39. The number of ether oxygens (including phenoxy) is 1. The zero-order chi connectivity index (χ0) is 16.5. The van der Waals surface area contributed by atoms with Gasteiger partial charge in [-0.2, -0.15) is 4.31 Å². The van der Waals surface area contributed by atoms with E-state index >= 15 is 0 Å². The maximum Gasteiger partial charge on any atom is 0.339 e. The minimum atomic E-state index is -4.17. The van der Waals surface area contributed by atoms with E-state index in [1.807, 2.05) is 0 Å². The van der Waals surface area contributed by atoms with Crippen molar-refractivity contribution in [2.75, 3.05) is 13.7 Å². The van der Waals surface area contributed by atoms with Crippen molar-refractivity contribution in [1.29, 1.82) is 0 Å². The van der Waals surface area contributed by atoms with Crippen LogP contribution in [0.2, 0.25) is 5.02 Å². The lowest BCUT2D eigenvalue weighted by molar-refractivity contribution is -0.140. The van der Waals surface area contributed by atoms with Gasteiger partial charge >= 0.3 is 11.9 Å². The number of halogens is 1. The van der Waals surface area contributed by atoms with E-state index in [1.54, 1.807) is 0 Å². The van der Waals surface area contributed by atoms with Crippen LogP contribution in [0.25, 0.3) is 0 Å². The molecule has 1 atom stereocenters. The number of methoxy groups -OCH3 is 1. The van der Waals surface area contributed by atoms with Crippen molar-refractivity contribution < 1.29 is 27.9 Å². The van der Waals surface area contributed by atoms with Crippen molar-refractivity contribution in [3.8, 4) is 0 Å². The van der Waals surface area contributed by atoms with E-state index in [2.05, 4.69) is 4.74 Å². The molecule has 1 N–H and O–H groups in total. The number of benzene rings is 1. The number of hydrogen-bond acceptors (Lipinski definition) is 5. The number of carbonyl (C=O) groups excluding carboxylic acids is 1. The van der Waals surface area contributed by atoms with E-state index in [-0.39, 0.29) is 28.4 Å². The minimum absolute atomic E-state index is 0.0758. The molecule has 0 aliphatic carbocycles. The van der Waals surface area contributed by atoms with Crippen LogP contribution in [-0.4, -0.2) is 49.5 Å². The van der Waals surface area contributed by atoms with Gasteiger partial charge < -0.3 is 9.84 Å². The lowest BCUT2D eigenvalue weighted by atomic mass is 10.2. The Kier molecular flexibility index (Phi) is 4.74. The summed E-state index contributed by atoms with van der Waals surface area (Å²) < 4.78 is 30.9. The fraction of sp³-hybridized carbons (Fsp3) is 0.385. The summed E-state index contributed by atoms with van der Waals surface area (Å²) >= 11 is 5.82. The summed E-state index contributed by atoms with van der Waals surface area (Å²) in [6.07, 6.45) is 0.660. The van der Waals surface area contributed by atoms with E-state index in [4.69, 9.17) is 16.7 Å². The highest BCUT2D eigenvalue weighted by atomic mass is 35.5. The molecule has 1 aliphatic heterocycles. The second kappa shape index (κ2) is 6.23. The zero-order valence-corrected chi connectivity index (χ0v) is 13.2. The van der Waals surface area contributed by atoms with E-state index in [0.717, 1.165) is 17.5 Å². The lowest BCUT2D eigenvalue weighted by Crippen LogP contribution is -2.40. The van der Waals surface area contributed by atoms with Crippen molar-refractivity contribution >= 4 is 33.6 Å². The van der Waals surface area contributed by atoms with E-state index in [1.165, 1.54) is 12.1 Å². The number of carbonyl (C=O) groups is 2. The molecule has 1 unspecified atom stereocenters. The maximum absolute atomic E-state index is 12.7. The summed E-state index contributed by atoms with van der Waals surface area (Å²) in [5, 5.41) is 9.27. The first-order valence-corrected chi connectivity index (χ1v) is 8.23. The van der Waals surface area contributed by atoms with Crippen LogP contribution in [0.3, 0.4) is 0 Å². The Morgan fingerprint density at radius 1 is 1.41 bits per heavy atom. The van der Waals surface area contributed by atoms with Crippen LogP contribution in [0.4, 0.5) is 0 Å². The van der Waals surface area contributed by atoms with Crippen molar-refractivity contribution in [3.05, 3.63) is 28.8 Å². The van der Waals surface area contributed by atoms with Crippen molar-refractivity contribution in [2.24, 2.45) is 0 Å². The summed E-state index contributed by atoms with van der Waals surface area (Å²) in [4.78, 5) is 22.6. The van der Waals surface area contributed by atoms with Crippen LogP contribution in [0.5, 0.6) is 0 Å². The lowest BCUT2D eigenvalue weighted by Gasteiger charge is -2.22. The van der Waals surface area contributed by atoms with Gasteiger partial charge in [-0.1, -0.05) is 11.6 Å². The second-order valence-corrected chi connectivity index (χ2v) is 7.04. The number of carboxylic acids is 1. The second-order valence-electron chi connectivity index (χ2n) is 4.74. The van der Waals surface area contributed by atoms with Crippen LogP contribution in [0.15, 0.2) is 23.1 Å². The monoisotopic (exact) mass is 347 g/mol. The largest absolute Gasteiger partial charge is 0.480 e. The Labute approximate surface area is 132 Å². The van der Waals surface area contributed by atoms with Gasteiger partial charge in [-0.15, -0.1) is 0 Å². The molecule has 0 aromatic heterocycles. The molecule has 0 bridgehead atoms. The van der Waals surface area contributed by atoms with Gasteiger partial charge in [0.15, 0.2) is 0 Å².